The third-order valence-electron chi connectivity index (χ3n) is 6.74. The Bertz CT molecular complexity index is 901. The number of nitrogen functional groups attached to an aromatic ring is 1. The number of carbonyl (C=O) groups is 1. The number of ether oxygens (including phenoxy) is 1. The number of para-hydroxylation sites is 1. The SMILES string of the molecule is COc1cc(N)c(Cl)cc1C(=O)NCC1CCN(CCCCCCN(C)c2ccccc2)CC1. The normalized spacial score (nSPS) is 14.7. The lowest BCUT2D eigenvalue weighted by Crippen LogP contribution is -2.39. The van der Waals surface area contributed by atoms with Crippen molar-refractivity contribution >= 4 is 28.9 Å². The second kappa shape index (κ2) is 13.4. The number of nitrogens with one attached hydrogen (secondary N) is 1. The number of nitrogens with zero attached hydrogens (tertiary/aromatic N) is 2. The number of likely N-dealkylation sites (tertiary alicyclic amines) is 1. The van der Waals surface area contributed by atoms with E-state index in [4.69, 9.17) is 22.1 Å². The van der Waals surface area contributed by atoms with Crippen LogP contribution in [0.25, 0.3) is 0 Å². The summed E-state index contributed by atoms with van der Waals surface area (Å²) in [5.74, 6) is 0.781. The molecule has 0 radical (unpaired) electrons. The van der Waals surface area contributed by atoms with Crippen molar-refractivity contribution < 1.29 is 9.53 Å². The first-order chi connectivity index (χ1) is 16.5. The van der Waals surface area contributed by atoms with E-state index in [0.717, 1.165) is 32.5 Å². The second-order valence-corrected chi connectivity index (χ2v) is 9.65. The molecule has 1 fully saturated rings. The molecule has 34 heavy (non-hydrogen) atoms. The molecule has 1 amide bonds. The van der Waals surface area contributed by atoms with Gasteiger partial charge in [-0.2, -0.15) is 0 Å². The topological polar surface area (TPSA) is 70.8 Å². The Hall–Kier alpha value is -2.44. The standard InChI is InChI=1S/C27H39ClN4O2/c1-31(22-10-6-5-7-11-22)14-8-3-4-9-15-32-16-12-21(13-17-32)20-30-27(33)23-18-24(28)25(29)19-26(23)34-2/h5-7,10-11,18-19,21H,3-4,8-9,12-17,20,29H2,1-2H3,(H,30,33). The maximum absolute atomic E-state index is 12.6. The number of anilines is 2. The summed E-state index contributed by atoms with van der Waals surface area (Å²) in [6, 6.07) is 13.8. The van der Waals surface area contributed by atoms with Crippen molar-refractivity contribution in [2.75, 3.05) is 57.5 Å². The van der Waals surface area contributed by atoms with Gasteiger partial charge in [0.2, 0.25) is 0 Å². The van der Waals surface area contributed by atoms with Crippen molar-refractivity contribution in [3.8, 4) is 5.75 Å². The van der Waals surface area contributed by atoms with Crippen molar-refractivity contribution in [3.05, 3.63) is 53.1 Å². The van der Waals surface area contributed by atoms with Crippen molar-refractivity contribution in [1.82, 2.24) is 10.2 Å². The Labute approximate surface area is 209 Å². The molecule has 2 aromatic carbocycles. The van der Waals surface area contributed by atoms with Crippen LogP contribution in [-0.2, 0) is 0 Å². The third-order valence-corrected chi connectivity index (χ3v) is 7.06. The van der Waals surface area contributed by atoms with Crippen LogP contribution in [0.5, 0.6) is 5.75 Å². The number of hydrogen-bond acceptors (Lipinski definition) is 5. The number of piperidine rings is 1. The molecule has 0 bridgehead atoms. The summed E-state index contributed by atoms with van der Waals surface area (Å²) in [5.41, 5.74) is 7.93. The molecule has 1 saturated heterocycles. The van der Waals surface area contributed by atoms with Crippen LogP contribution in [-0.4, -0.2) is 57.7 Å². The molecule has 7 heteroatoms. The highest BCUT2D eigenvalue weighted by Crippen LogP contribution is 2.29. The summed E-state index contributed by atoms with van der Waals surface area (Å²) < 4.78 is 5.29. The monoisotopic (exact) mass is 486 g/mol. The van der Waals surface area contributed by atoms with Crippen molar-refractivity contribution in [2.45, 2.75) is 38.5 Å². The molecule has 2 aromatic rings. The first kappa shape index (κ1) is 26.2. The van der Waals surface area contributed by atoms with Gasteiger partial charge < -0.3 is 25.6 Å². The lowest BCUT2D eigenvalue weighted by molar-refractivity contribution is 0.0933. The smallest absolute Gasteiger partial charge is 0.255 e. The van der Waals surface area contributed by atoms with Crippen LogP contribution in [0.4, 0.5) is 11.4 Å². The van der Waals surface area contributed by atoms with Gasteiger partial charge in [0, 0.05) is 31.9 Å². The van der Waals surface area contributed by atoms with Crippen LogP contribution in [0.3, 0.4) is 0 Å². The summed E-state index contributed by atoms with van der Waals surface area (Å²) >= 11 is 6.09. The van der Waals surface area contributed by atoms with E-state index in [1.54, 1.807) is 12.1 Å². The van der Waals surface area contributed by atoms with Crippen LogP contribution < -0.4 is 20.7 Å². The van der Waals surface area contributed by atoms with E-state index in [0.29, 0.717) is 34.5 Å². The van der Waals surface area contributed by atoms with E-state index in [1.807, 2.05) is 0 Å². The molecule has 0 aliphatic carbocycles. The molecule has 3 rings (SSSR count). The van der Waals surface area contributed by atoms with E-state index in [1.165, 1.54) is 45.0 Å². The lowest BCUT2D eigenvalue weighted by atomic mass is 9.96. The molecule has 0 unspecified atom stereocenters. The molecule has 0 saturated carbocycles. The largest absolute Gasteiger partial charge is 0.496 e. The Morgan fingerprint density at radius 2 is 1.85 bits per heavy atom. The summed E-state index contributed by atoms with van der Waals surface area (Å²) in [7, 11) is 3.70. The Balaban J connectivity index is 1.27. The first-order valence-electron chi connectivity index (χ1n) is 12.4. The maximum Gasteiger partial charge on any atom is 0.255 e. The maximum atomic E-state index is 12.6. The molecular weight excluding hydrogens is 448 g/mol. The number of methoxy groups -OCH3 is 1. The number of unbranched alkanes of at least 4 members (excludes halogenated alkanes) is 3. The predicted octanol–water partition coefficient (Wildman–Crippen LogP) is 5.07. The number of rotatable bonds is 12. The first-order valence-corrected chi connectivity index (χ1v) is 12.8. The van der Waals surface area contributed by atoms with Gasteiger partial charge in [-0.15, -0.1) is 0 Å². The van der Waals surface area contributed by atoms with Gasteiger partial charge in [0.1, 0.15) is 5.75 Å². The van der Waals surface area contributed by atoms with Crippen molar-refractivity contribution in [2.24, 2.45) is 5.92 Å². The van der Waals surface area contributed by atoms with Gasteiger partial charge >= 0.3 is 0 Å². The van der Waals surface area contributed by atoms with E-state index < -0.39 is 0 Å². The molecule has 3 N–H and O–H groups in total. The van der Waals surface area contributed by atoms with E-state index in [-0.39, 0.29) is 5.91 Å². The molecule has 0 spiro atoms. The number of amides is 1. The zero-order chi connectivity index (χ0) is 24.3. The quantitative estimate of drug-likeness (QED) is 0.324. The highest BCUT2D eigenvalue weighted by Gasteiger charge is 2.21. The van der Waals surface area contributed by atoms with Crippen molar-refractivity contribution in [1.29, 1.82) is 0 Å². The Morgan fingerprint density at radius 3 is 2.56 bits per heavy atom. The summed E-state index contributed by atoms with van der Waals surface area (Å²) in [6.07, 6.45) is 7.28. The fourth-order valence-electron chi connectivity index (χ4n) is 4.51. The van der Waals surface area contributed by atoms with Gasteiger partial charge in [0.25, 0.3) is 5.91 Å². The van der Waals surface area contributed by atoms with Gasteiger partial charge in [-0.1, -0.05) is 42.6 Å². The van der Waals surface area contributed by atoms with Crippen LogP contribution in [0, 0.1) is 5.92 Å². The van der Waals surface area contributed by atoms with Crippen LogP contribution in [0.15, 0.2) is 42.5 Å². The van der Waals surface area contributed by atoms with Crippen LogP contribution >= 0.6 is 11.6 Å². The van der Waals surface area contributed by atoms with Crippen LogP contribution in [0.2, 0.25) is 5.02 Å². The van der Waals surface area contributed by atoms with E-state index in [2.05, 4.69) is 52.5 Å². The summed E-state index contributed by atoms with van der Waals surface area (Å²) in [5, 5.41) is 3.41. The number of carbonyl (C=O) groups excluding carboxylic acids is 1. The minimum Gasteiger partial charge on any atom is -0.496 e. The second-order valence-electron chi connectivity index (χ2n) is 9.24. The van der Waals surface area contributed by atoms with Crippen molar-refractivity contribution in [3.63, 3.8) is 0 Å². The highest BCUT2D eigenvalue weighted by molar-refractivity contribution is 6.33. The molecule has 1 aliphatic rings. The molecule has 0 atom stereocenters. The molecule has 1 aliphatic heterocycles. The predicted molar refractivity (Wildman–Crippen MR) is 142 cm³/mol. The molecule has 0 aromatic heterocycles. The zero-order valence-electron chi connectivity index (χ0n) is 20.6. The molecular formula is C27H39ClN4O2. The third kappa shape index (κ3) is 7.81. The number of nitrogens with two attached hydrogens (primary N) is 1. The molecule has 6 nitrogen and oxygen atoms in total. The minimum absolute atomic E-state index is 0.168. The Kier molecular flexibility index (Phi) is 10.4. The number of halogens is 1. The van der Waals surface area contributed by atoms with Crippen LogP contribution in [0.1, 0.15) is 48.9 Å². The Morgan fingerprint density at radius 1 is 1.15 bits per heavy atom. The van der Waals surface area contributed by atoms with Gasteiger partial charge in [-0.25, -0.2) is 0 Å². The molecule has 186 valence electrons. The zero-order valence-corrected chi connectivity index (χ0v) is 21.3. The molecule has 1 heterocycles. The number of benzene rings is 2. The van der Waals surface area contributed by atoms with Gasteiger partial charge in [0.05, 0.1) is 23.4 Å². The average molecular weight is 487 g/mol. The summed E-state index contributed by atoms with van der Waals surface area (Å²) in [6.45, 7) is 5.17. The van der Waals surface area contributed by atoms with E-state index >= 15 is 0 Å². The van der Waals surface area contributed by atoms with Gasteiger partial charge in [-0.05, 0) is 69.4 Å². The highest BCUT2D eigenvalue weighted by atomic mass is 35.5. The summed E-state index contributed by atoms with van der Waals surface area (Å²) in [4.78, 5) is 17.5. The average Bonchev–Trinajstić information content (AvgIpc) is 2.87. The lowest BCUT2D eigenvalue weighted by Gasteiger charge is -2.32. The van der Waals surface area contributed by atoms with Gasteiger partial charge in [0.15, 0.2) is 0 Å². The minimum atomic E-state index is -0.168. The van der Waals surface area contributed by atoms with Gasteiger partial charge in [-0.3, -0.25) is 4.79 Å². The fourth-order valence-corrected chi connectivity index (χ4v) is 4.68. The van der Waals surface area contributed by atoms with E-state index in [9.17, 15) is 4.79 Å². The number of hydrogen-bond donors (Lipinski definition) is 2. The fraction of sp³-hybridized carbons (Fsp3) is 0.519.